The summed E-state index contributed by atoms with van der Waals surface area (Å²) in [4.78, 5) is 28.9. The first kappa shape index (κ1) is 21.1. The van der Waals surface area contributed by atoms with Crippen molar-refractivity contribution in [2.75, 3.05) is 11.9 Å². The lowest BCUT2D eigenvalue weighted by Crippen LogP contribution is -2.25. The highest BCUT2D eigenvalue weighted by Gasteiger charge is 2.30. The van der Waals surface area contributed by atoms with Crippen LogP contribution in [0.15, 0.2) is 20.8 Å². The van der Waals surface area contributed by atoms with Gasteiger partial charge in [-0.2, -0.15) is 0 Å². The van der Waals surface area contributed by atoms with Gasteiger partial charge >= 0.3 is 6.03 Å². The maximum absolute atomic E-state index is 12.9. The molecule has 4 rings (SSSR count). The molecule has 2 amide bonds. The van der Waals surface area contributed by atoms with Crippen LogP contribution >= 0.6 is 11.3 Å². The predicted octanol–water partition coefficient (Wildman–Crippen LogP) is 1.89. The van der Waals surface area contributed by atoms with Gasteiger partial charge in [0.15, 0.2) is 15.7 Å². The van der Waals surface area contributed by atoms with Gasteiger partial charge in [0.05, 0.1) is 18.5 Å². The van der Waals surface area contributed by atoms with Gasteiger partial charge in [-0.15, -0.1) is 15.7 Å². The molecule has 0 bridgehead atoms. The summed E-state index contributed by atoms with van der Waals surface area (Å²) in [5, 5.41) is 27.9. The van der Waals surface area contributed by atoms with Gasteiger partial charge in [-0.1, -0.05) is 6.07 Å². The monoisotopic (exact) mass is 450 g/mol. The third-order valence-corrected chi connectivity index (χ3v) is 8.50. The highest BCUT2D eigenvalue weighted by atomic mass is 32.2. The van der Waals surface area contributed by atoms with E-state index in [2.05, 4.69) is 14.7 Å². The molecular weight excluding hydrogens is 428 g/mol. The number of Topliss-reactive ketones (excluding diaryl/α,β-unsaturated/α-hetero) is 1. The SMILES string of the molecule is C[C@@](O)(CO)c1ncc([S@@](N)(=O)=NC(=O)Nc2c3c(cc4c2C(=O)CC4)CCC3)s1. The minimum atomic E-state index is -3.63. The van der Waals surface area contributed by atoms with Gasteiger partial charge in [0.2, 0.25) is 0 Å². The second-order valence-corrected chi connectivity index (χ2v) is 10.8. The number of hydrogen-bond acceptors (Lipinski definition) is 7. The van der Waals surface area contributed by atoms with E-state index in [0.717, 1.165) is 47.3 Å². The summed E-state index contributed by atoms with van der Waals surface area (Å²) in [6, 6.07) is 1.14. The van der Waals surface area contributed by atoms with Gasteiger partial charge in [0, 0.05) is 12.0 Å². The van der Waals surface area contributed by atoms with Crippen molar-refractivity contribution < 1.29 is 24.0 Å². The molecule has 160 valence electrons. The smallest absolute Gasteiger partial charge is 0.354 e. The summed E-state index contributed by atoms with van der Waals surface area (Å²) in [5.41, 5.74) is 2.32. The molecule has 0 spiro atoms. The number of aryl methyl sites for hydroxylation is 2. The number of benzene rings is 1. The number of fused-ring (bicyclic) bond motifs is 2. The number of amides is 2. The van der Waals surface area contributed by atoms with E-state index in [0.29, 0.717) is 24.1 Å². The average Bonchev–Trinajstić information content (AvgIpc) is 3.41. The number of ketones is 1. The number of urea groups is 1. The first-order valence-electron chi connectivity index (χ1n) is 9.48. The van der Waals surface area contributed by atoms with Crippen molar-refractivity contribution in [2.24, 2.45) is 9.50 Å². The lowest BCUT2D eigenvalue weighted by atomic mass is 9.98. The second-order valence-electron chi connectivity index (χ2n) is 7.71. The molecule has 30 heavy (non-hydrogen) atoms. The Hall–Kier alpha value is -2.18. The van der Waals surface area contributed by atoms with Crippen LogP contribution in [0, 0.1) is 0 Å². The maximum atomic E-state index is 12.9. The summed E-state index contributed by atoms with van der Waals surface area (Å²) in [5.74, 6) is -0.0261. The predicted molar refractivity (Wildman–Crippen MR) is 112 cm³/mol. The van der Waals surface area contributed by atoms with Gasteiger partial charge in [0.1, 0.15) is 14.8 Å². The molecule has 0 radical (unpaired) electrons. The molecule has 11 heteroatoms. The topological polar surface area (TPSA) is 155 Å². The van der Waals surface area contributed by atoms with Crippen LogP contribution in [0.25, 0.3) is 0 Å². The van der Waals surface area contributed by atoms with Crippen molar-refractivity contribution in [1.29, 1.82) is 0 Å². The maximum Gasteiger partial charge on any atom is 0.354 e. The number of nitrogens with two attached hydrogens (primary N) is 1. The molecule has 1 aromatic heterocycles. The Morgan fingerprint density at radius 3 is 2.87 bits per heavy atom. The van der Waals surface area contributed by atoms with E-state index in [-0.39, 0.29) is 15.0 Å². The van der Waals surface area contributed by atoms with Crippen LogP contribution < -0.4 is 10.5 Å². The van der Waals surface area contributed by atoms with Gasteiger partial charge in [0.25, 0.3) is 0 Å². The van der Waals surface area contributed by atoms with E-state index in [4.69, 9.17) is 5.14 Å². The number of aliphatic hydroxyl groups excluding tert-OH is 1. The van der Waals surface area contributed by atoms with E-state index in [1.54, 1.807) is 0 Å². The molecule has 2 atom stereocenters. The number of nitrogens with zero attached hydrogens (tertiary/aromatic N) is 2. The standard InChI is InChI=1S/C19H22N4O5S2/c1-19(27,9-24)17-21-8-14(29-17)30(20,28)23-18(26)22-16-12-4-2-3-10(12)7-11-5-6-13(25)15(11)16/h7-8,24,27H,2-6,9H2,1H3,(H3,20,22,23,26,28)/t19-,30+/m1/s1. The van der Waals surface area contributed by atoms with Crippen molar-refractivity contribution in [2.45, 2.75) is 48.8 Å². The molecule has 9 nitrogen and oxygen atoms in total. The molecule has 0 fully saturated rings. The zero-order valence-corrected chi connectivity index (χ0v) is 17.9. The minimum absolute atomic E-state index is 0.000899. The van der Waals surface area contributed by atoms with Gasteiger partial charge < -0.3 is 15.5 Å². The number of nitrogens with one attached hydrogen (secondary N) is 1. The molecule has 1 aromatic carbocycles. The first-order valence-corrected chi connectivity index (χ1v) is 11.9. The Morgan fingerprint density at radius 2 is 2.13 bits per heavy atom. The fourth-order valence-corrected chi connectivity index (χ4v) is 5.94. The Labute approximate surface area is 177 Å². The van der Waals surface area contributed by atoms with Crippen molar-refractivity contribution in [3.8, 4) is 0 Å². The van der Waals surface area contributed by atoms with Crippen molar-refractivity contribution in [1.82, 2.24) is 4.98 Å². The molecule has 0 saturated heterocycles. The Balaban J connectivity index is 1.67. The van der Waals surface area contributed by atoms with Crippen LogP contribution in [0.2, 0.25) is 0 Å². The first-order chi connectivity index (χ1) is 14.1. The summed E-state index contributed by atoms with van der Waals surface area (Å²) >= 11 is 0.811. The second kappa shape index (κ2) is 7.50. The Morgan fingerprint density at radius 1 is 1.37 bits per heavy atom. The number of thiazole rings is 1. The zero-order chi connectivity index (χ0) is 21.7. The molecule has 2 aliphatic rings. The zero-order valence-electron chi connectivity index (χ0n) is 16.3. The third-order valence-electron chi connectivity index (χ3n) is 5.37. The van der Waals surface area contributed by atoms with E-state index < -0.39 is 28.2 Å². The fraction of sp³-hybridized carbons (Fsp3) is 0.421. The van der Waals surface area contributed by atoms with Gasteiger partial charge in [-0.05, 0) is 49.3 Å². The number of aromatic nitrogens is 1. The van der Waals surface area contributed by atoms with E-state index >= 15 is 0 Å². The highest BCUT2D eigenvalue weighted by Crippen LogP contribution is 2.38. The lowest BCUT2D eigenvalue weighted by Gasteiger charge is -2.16. The van der Waals surface area contributed by atoms with Crippen molar-refractivity contribution in [3.63, 3.8) is 0 Å². The lowest BCUT2D eigenvalue weighted by molar-refractivity contribution is -0.00244. The minimum Gasteiger partial charge on any atom is -0.393 e. The quantitative estimate of drug-likeness (QED) is 0.557. The number of hydrogen-bond donors (Lipinski definition) is 4. The number of aliphatic hydroxyl groups is 2. The van der Waals surface area contributed by atoms with Gasteiger partial charge in [-0.3, -0.25) is 4.79 Å². The molecule has 0 saturated carbocycles. The fourth-order valence-electron chi connectivity index (χ4n) is 3.84. The number of rotatable bonds is 4. The molecule has 0 unspecified atom stereocenters. The Kier molecular flexibility index (Phi) is 5.27. The van der Waals surface area contributed by atoms with Crippen molar-refractivity contribution in [3.05, 3.63) is 39.5 Å². The van der Waals surface area contributed by atoms with Gasteiger partial charge in [-0.25, -0.2) is 19.1 Å². The largest absolute Gasteiger partial charge is 0.393 e. The van der Waals surface area contributed by atoms with Crippen LogP contribution in [-0.2, 0) is 34.8 Å². The summed E-state index contributed by atoms with van der Waals surface area (Å²) in [6.07, 6.45) is 4.79. The molecule has 2 aromatic rings. The highest BCUT2D eigenvalue weighted by molar-refractivity contribution is 7.93. The van der Waals surface area contributed by atoms with E-state index in [1.807, 2.05) is 6.07 Å². The Bertz CT molecular complexity index is 1180. The number of anilines is 1. The summed E-state index contributed by atoms with van der Waals surface area (Å²) in [6.45, 7) is 0.771. The molecule has 5 N–H and O–H groups in total. The number of carbonyl (C=O) groups is 2. The van der Waals surface area contributed by atoms with Crippen LogP contribution in [0.1, 0.15) is 51.8 Å². The third kappa shape index (κ3) is 3.67. The van der Waals surface area contributed by atoms with Crippen LogP contribution in [0.4, 0.5) is 10.5 Å². The molecule has 2 aliphatic carbocycles. The van der Waals surface area contributed by atoms with Crippen molar-refractivity contribution >= 4 is 38.8 Å². The molecule has 1 heterocycles. The average molecular weight is 451 g/mol. The summed E-state index contributed by atoms with van der Waals surface area (Å²) in [7, 11) is -3.63. The number of carbonyl (C=O) groups excluding carboxylic acids is 2. The van der Waals surface area contributed by atoms with Crippen LogP contribution in [0.5, 0.6) is 0 Å². The normalized spacial score (nSPS) is 19.0. The van der Waals surface area contributed by atoms with Crippen LogP contribution in [0.3, 0.4) is 0 Å². The summed E-state index contributed by atoms with van der Waals surface area (Å²) < 4.78 is 16.5. The molecule has 0 aliphatic heterocycles. The van der Waals surface area contributed by atoms with E-state index in [1.165, 1.54) is 13.1 Å². The van der Waals surface area contributed by atoms with E-state index in [9.17, 15) is 24.0 Å². The molecular formula is C19H22N4O5S2. The van der Waals surface area contributed by atoms with Crippen LogP contribution in [-0.4, -0.2) is 37.8 Å².